The van der Waals surface area contributed by atoms with E-state index in [0.29, 0.717) is 0 Å². The van der Waals surface area contributed by atoms with Crippen LogP contribution in [0.1, 0.15) is 15.9 Å². The van der Waals surface area contributed by atoms with E-state index in [2.05, 4.69) is 12.1 Å². The van der Waals surface area contributed by atoms with Gasteiger partial charge in [-0.1, -0.05) is 30.3 Å². The Bertz CT molecular complexity index is 491. The maximum atomic E-state index is 10.6. The molecular formula is C14H13NO2. The number of hydrogen-bond acceptors (Lipinski definition) is 2. The molecule has 3 nitrogen and oxygen atoms in total. The molecule has 2 aromatic rings. The number of carbonyl (C=O) groups is 1. The van der Waals surface area contributed by atoms with Crippen molar-refractivity contribution in [2.75, 3.05) is 0 Å². The molecule has 1 aromatic heterocycles. The molecule has 0 aliphatic heterocycles. The monoisotopic (exact) mass is 227 g/mol. The van der Waals surface area contributed by atoms with Gasteiger partial charge in [-0.2, -0.15) is 0 Å². The van der Waals surface area contributed by atoms with Crippen LogP contribution in [0, 0.1) is 0 Å². The summed E-state index contributed by atoms with van der Waals surface area (Å²) in [7, 11) is 0. The number of benzene rings is 1. The fourth-order valence-electron chi connectivity index (χ4n) is 1.65. The second kappa shape index (κ2) is 5.25. The van der Waals surface area contributed by atoms with Gasteiger partial charge in [0.25, 0.3) is 0 Å². The smallest absolute Gasteiger partial charge is 0.169 e. The molecule has 0 atom stereocenters. The summed E-state index contributed by atoms with van der Waals surface area (Å²) < 4.78 is 1.96. The summed E-state index contributed by atoms with van der Waals surface area (Å²) in [6, 6.07) is 13.3. The standard InChI is InChI=1S/C14H13NO2/c16-14(17)13-7-10-15(11-8-13)9-6-12-4-2-1-3-5-12/h1-5,7-8,10-11H,6,9H2. The lowest BCUT2D eigenvalue weighted by Crippen LogP contribution is -2.34. The molecule has 86 valence electrons. The first kappa shape index (κ1) is 11.3. The SMILES string of the molecule is O=C([O-])c1cc[n+](CCc2ccccc2)cc1. The van der Waals surface area contributed by atoms with Crippen LogP contribution in [0.25, 0.3) is 0 Å². The third-order valence-corrected chi connectivity index (χ3v) is 2.63. The maximum absolute atomic E-state index is 10.6. The van der Waals surface area contributed by atoms with E-state index >= 15 is 0 Å². The molecular weight excluding hydrogens is 214 g/mol. The molecule has 0 amide bonds. The van der Waals surface area contributed by atoms with Crippen LogP contribution in [0.4, 0.5) is 0 Å². The van der Waals surface area contributed by atoms with E-state index in [-0.39, 0.29) is 5.56 Å². The highest BCUT2D eigenvalue weighted by Crippen LogP contribution is 1.99. The number of aromatic carboxylic acids is 1. The third kappa shape index (κ3) is 3.14. The molecule has 0 saturated carbocycles. The molecule has 0 N–H and O–H groups in total. The molecule has 0 fully saturated rings. The zero-order valence-corrected chi connectivity index (χ0v) is 9.37. The Kier molecular flexibility index (Phi) is 3.50. The van der Waals surface area contributed by atoms with Gasteiger partial charge in [0.05, 0.1) is 5.97 Å². The van der Waals surface area contributed by atoms with Crippen LogP contribution in [0.3, 0.4) is 0 Å². The van der Waals surface area contributed by atoms with Gasteiger partial charge in [0.2, 0.25) is 0 Å². The minimum atomic E-state index is -1.14. The van der Waals surface area contributed by atoms with Crippen LogP contribution in [-0.2, 0) is 13.0 Å². The largest absolute Gasteiger partial charge is 0.545 e. The molecule has 1 aromatic carbocycles. The molecule has 0 radical (unpaired) electrons. The molecule has 0 aliphatic rings. The number of rotatable bonds is 4. The predicted molar refractivity (Wildman–Crippen MR) is 61.1 cm³/mol. The van der Waals surface area contributed by atoms with Gasteiger partial charge in [0, 0.05) is 24.1 Å². The molecule has 1 heterocycles. The fourth-order valence-corrected chi connectivity index (χ4v) is 1.65. The lowest BCUT2D eigenvalue weighted by Gasteiger charge is -2.01. The second-order valence-electron chi connectivity index (χ2n) is 3.85. The Morgan fingerprint density at radius 2 is 1.71 bits per heavy atom. The van der Waals surface area contributed by atoms with Gasteiger partial charge in [-0.15, -0.1) is 0 Å². The van der Waals surface area contributed by atoms with Crippen LogP contribution in [0.2, 0.25) is 0 Å². The van der Waals surface area contributed by atoms with E-state index in [1.165, 1.54) is 5.56 Å². The van der Waals surface area contributed by atoms with Crippen molar-refractivity contribution in [3.05, 3.63) is 66.0 Å². The van der Waals surface area contributed by atoms with E-state index < -0.39 is 5.97 Å². The van der Waals surface area contributed by atoms with E-state index in [9.17, 15) is 9.90 Å². The van der Waals surface area contributed by atoms with Gasteiger partial charge < -0.3 is 9.90 Å². The Labute approximate surface area is 100.0 Å². The minimum Gasteiger partial charge on any atom is -0.545 e. The van der Waals surface area contributed by atoms with Crippen molar-refractivity contribution in [1.82, 2.24) is 0 Å². The van der Waals surface area contributed by atoms with Crippen molar-refractivity contribution in [3.63, 3.8) is 0 Å². The van der Waals surface area contributed by atoms with Crippen LogP contribution >= 0.6 is 0 Å². The predicted octanol–water partition coefficient (Wildman–Crippen LogP) is 0.580. The molecule has 2 rings (SSSR count). The van der Waals surface area contributed by atoms with Gasteiger partial charge in [-0.3, -0.25) is 0 Å². The van der Waals surface area contributed by atoms with E-state index in [1.807, 2.05) is 22.8 Å². The Hall–Kier alpha value is -2.16. The molecule has 0 spiro atoms. The highest BCUT2D eigenvalue weighted by molar-refractivity contribution is 5.85. The maximum Gasteiger partial charge on any atom is 0.169 e. The van der Waals surface area contributed by atoms with E-state index in [1.54, 1.807) is 24.5 Å². The number of pyridine rings is 1. The summed E-state index contributed by atoms with van der Waals surface area (Å²) in [5.41, 5.74) is 1.48. The van der Waals surface area contributed by atoms with Gasteiger partial charge in [-0.25, -0.2) is 4.57 Å². The first-order valence-corrected chi connectivity index (χ1v) is 5.50. The number of aromatic nitrogens is 1. The Balaban J connectivity index is 1.98. The molecule has 0 aliphatic carbocycles. The topological polar surface area (TPSA) is 44.0 Å². The number of carboxylic acids is 1. The highest BCUT2D eigenvalue weighted by atomic mass is 16.4. The first-order valence-electron chi connectivity index (χ1n) is 5.50. The van der Waals surface area contributed by atoms with Crippen LogP contribution in [-0.4, -0.2) is 5.97 Å². The summed E-state index contributed by atoms with van der Waals surface area (Å²) in [5.74, 6) is -1.14. The number of aryl methyl sites for hydroxylation is 2. The highest BCUT2D eigenvalue weighted by Gasteiger charge is 2.02. The minimum absolute atomic E-state index is 0.209. The average Bonchev–Trinajstić information content (AvgIpc) is 2.38. The molecule has 3 heteroatoms. The summed E-state index contributed by atoms with van der Waals surface area (Å²) in [5, 5.41) is 10.6. The summed E-state index contributed by atoms with van der Waals surface area (Å²) in [4.78, 5) is 10.6. The summed E-state index contributed by atoms with van der Waals surface area (Å²) in [6.07, 6.45) is 4.44. The van der Waals surface area contributed by atoms with Crippen LogP contribution in [0.15, 0.2) is 54.9 Å². The van der Waals surface area contributed by atoms with E-state index in [0.717, 1.165) is 13.0 Å². The van der Waals surface area contributed by atoms with Crippen LogP contribution in [0.5, 0.6) is 0 Å². The van der Waals surface area contributed by atoms with Gasteiger partial charge in [0.15, 0.2) is 18.9 Å². The summed E-state index contributed by atoms with van der Waals surface area (Å²) >= 11 is 0. The number of hydrogen-bond donors (Lipinski definition) is 0. The zero-order valence-electron chi connectivity index (χ0n) is 9.37. The van der Waals surface area contributed by atoms with Crippen molar-refractivity contribution >= 4 is 5.97 Å². The molecule has 17 heavy (non-hydrogen) atoms. The quantitative estimate of drug-likeness (QED) is 0.717. The van der Waals surface area contributed by atoms with Gasteiger partial charge in [-0.05, 0) is 5.56 Å². The fraction of sp³-hybridized carbons (Fsp3) is 0.143. The normalized spacial score (nSPS) is 10.1. The van der Waals surface area contributed by atoms with Gasteiger partial charge in [0.1, 0.15) is 0 Å². The van der Waals surface area contributed by atoms with Crippen molar-refractivity contribution in [1.29, 1.82) is 0 Å². The second-order valence-corrected chi connectivity index (χ2v) is 3.85. The van der Waals surface area contributed by atoms with Crippen molar-refractivity contribution in [2.24, 2.45) is 0 Å². The number of carboxylic acid groups (broad SMARTS) is 1. The van der Waals surface area contributed by atoms with Crippen LogP contribution < -0.4 is 9.67 Å². The number of carbonyl (C=O) groups excluding carboxylic acids is 1. The Morgan fingerprint density at radius 1 is 1.06 bits per heavy atom. The molecule has 0 saturated heterocycles. The third-order valence-electron chi connectivity index (χ3n) is 2.63. The average molecular weight is 227 g/mol. The molecule has 0 unspecified atom stereocenters. The molecule has 0 bridgehead atoms. The van der Waals surface area contributed by atoms with Gasteiger partial charge >= 0.3 is 0 Å². The first-order chi connectivity index (χ1) is 8.25. The Morgan fingerprint density at radius 3 is 2.29 bits per heavy atom. The lowest BCUT2D eigenvalue weighted by atomic mass is 10.1. The zero-order chi connectivity index (χ0) is 12.1. The van der Waals surface area contributed by atoms with Crippen molar-refractivity contribution in [2.45, 2.75) is 13.0 Å². The number of nitrogens with zero attached hydrogens (tertiary/aromatic N) is 1. The van der Waals surface area contributed by atoms with Crippen molar-refractivity contribution in [3.8, 4) is 0 Å². The summed E-state index contributed by atoms with van der Waals surface area (Å²) in [6.45, 7) is 0.831. The lowest BCUT2D eigenvalue weighted by molar-refractivity contribution is -0.696. The van der Waals surface area contributed by atoms with Crippen molar-refractivity contribution < 1.29 is 14.5 Å². The van der Waals surface area contributed by atoms with E-state index in [4.69, 9.17) is 0 Å².